The Morgan fingerprint density at radius 1 is 1.32 bits per heavy atom. The maximum absolute atomic E-state index is 11.6. The Kier molecular flexibility index (Phi) is 5.74. The van der Waals surface area contributed by atoms with Crippen LogP contribution in [0.1, 0.15) is 27.2 Å². The second kappa shape index (κ2) is 7.78. The van der Waals surface area contributed by atoms with Gasteiger partial charge in [-0.3, -0.25) is 0 Å². The minimum absolute atomic E-state index is 0.212. The lowest BCUT2D eigenvalue weighted by atomic mass is 10.2. The van der Waals surface area contributed by atoms with E-state index >= 15 is 0 Å². The molecule has 2 rings (SSSR count). The van der Waals surface area contributed by atoms with E-state index in [2.05, 4.69) is 10.3 Å². The van der Waals surface area contributed by atoms with Gasteiger partial charge in [0.1, 0.15) is 11.8 Å². The third kappa shape index (κ3) is 5.59. The number of ether oxygens (including phenoxy) is 1. The van der Waals surface area contributed by atoms with Gasteiger partial charge in [0.2, 0.25) is 0 Å². The second-order valence-electron chi connectivity index (χ2n) is 6.52. The van der Waals surface area contributed by atoms with Crippen LogP contribution in [-0.2, 0) is 11.3 Å². The van der Waals surface area contributed by atoms with Gasteiger partial charge >= 0.3 is 12.0 Å². The fourth-order valence-electron chi connectivity index (χ4n) is 2.22. The monoisotopic (exact) mass is 346 g/mol. The summed E-state index contributed by atoms with van der Waals surface area (Å²) in [6, 6.07) is 9.27. The molecule has 0 aliphatic heterocycles. The van der Waals surface area contributed by atoms with Gasteiger partial charge in [-0.15, -0.1) is 0 Å². The number of rotatable bonds is 6. The van der Waals surface area contributed by atoms with Crippen LogP contribution in [0.3, 0.4) is 0 Å². The van der Waals surface area contributed by atoms with Crippen LogP contribution in [0, 0.1) is 10.1 Å². The number of carbonyl (C=O) groups is 1. The Labute approximate surface area is 146 Å². The quantitative estimate of drug-likeness (QED) is 0.491. The maximum Gasteiger partial charge on any atom is 0.435 e. The lowest BCUT2D eigenvalue weighted by molar-refractivity contribution is -0.396. The van der Waals surface area contributed by atoms with Crippen molar-refractivity contribution in [3.63, 3.8) is 0 Å². The van der Waals surface area contributed by atoms with Gasteiger partial charge < -0.3 is 20.2 Å². The summed E-state index contributed by atoms with van der Waals surface area (Å²) in [6.07, 6.45) is 1.67. The second-order valence-corrected chi connectivity index (χ2v) is 6.52. The molecule has 0 atom stereocenters. The molecule has 0 aliphatic rings. The zero-order chi connectivity index (χ0) is 18.4. The van der Waals surface area contributed by atoms with Crippen LogP contribution >= 0.6 is 0 Å². The molecule has 0 fully saturated rings. The third-order valence-electron chi connectivity index (χ3n) is 3.23. The summed E-state index contributed by atoms with van der Waals surface area (Å²) in [5.74, 6) is -0.212. The van der Waals surface area contributed by atoms with Crippen molar-refractivity contribution < 1.29 is 14.5 Å². The third-order valence-corrected chi connectivity index (χ3v) is 3.23. The summed E-state index contributed by atoms with van der Waals surface area (Å²) in [6.45, 7) is 6.07. The molecule has 0 bridgehead atoms. The van der Waals surface area contributed by atoms with Crippen molar-refractivity contribution in [1.29, 1.82) is 0 Å². The van der Waals surface area contributed by atoms with Crippen molar-refractivity contribution in [2.75, 3.05) is 6.54 Å². The molecule has 2 aromatic rings. The van der Waals surface area contributed by atoms with Gasteiger partial charge in [0.25, 0.3) is 0 Å². The molecule has 0 spiro atoms. The number of benzene rings is 1. The van der Waals surface area contributed by atoms with Crippen LogP contribution in [0.4, 0.5) is 10.7 Å². The van der Waals surface area contributed by atoms with E-state index in [9.17, 15) is 14.9 Å². The fraction of sp³-hybridized carbons (Fsp3) is 0.412. The SMILES string of the molecule is CC(C)(C)OC(=O)NCCCn1cc(-c2ccccc2)nc1[N+](=O)[O-]. The zero-order valence-corrected chi connectivity index (χ0v) is 14.6. The highest BCUT2D eigenvalue weighted by Crippen LogP contribution is 2.22. The number of nitrogens with zero attached hydrogens (tertiary/aromatic N) is 3. The number of amides is 1. The molecule has 134 valence electrons. The number of nitro groups is 1. The number of aryl methyl sites for hydroxylation is 1. The van der Waals surface area contributed by atoms with Crippen molar-refractivity contribution in [3.05, 3.63) is 46.6 Å². The van der Waals surface area contributed by atoms with Crippen LogP contribution in [0.25, 0.3) is 11.3 Å². The summed E-state index contributed by atoms with van der Waals surface area (Å²) in [5, 5.41) is 13.8. The fourth-order valence-corrected chi connectivity index (χ4v) is 2.22. The summed E-state index contributed by atoms with van der Waals surface area (Å²) >= 11 is 0. The number of hydrogen-bond donors (Lipinski definition) is 1. The van der Waals surface area contributed by atoms with E-state index in [1.165, 1.54) is 4.57 Å². The molecule has 1 aromatic heterocycles. The highest BCUT2D eigenvalue weighted by Gasteiger charge is 2.20. The van der Waals surface area contributed by atoms with Crippen molar-refractivity contribution in [1.82, 2.24) is 14.9 Å². The highest BCUT2D eigenvalue weighted by molar-refractivity contribution is 5.67. The van der Waals surface area contributed by atoms with E-state index in [0.717, 1.165) is 5.56 Å². The molecule has 1 amide bonds. The van der Waals surface area contributed by atoms with Gasteiger partial charge in [0.15, 0.2) is 5.69 Å². The molecular weight excluding hydrogens is 324 g/mol. The van der Waals surface area contributed by atoms with Crippen molar-refractivity contribution in [3.8, 4) is 11.3 Å². The van der Waals surface area contributed by atoms with Crippen molar-refractivity contribution in [2.24, 2.45) is 0 Å². The van der Waals surface area contributed by atoms with Gasteiger partial charge in [-0.25, -0.2) is 9.36 Å². The van der Waals surface area contributed by atoms with E-state index in [4.69, 9.17) is 4.74 Å². The standard InChI is InChI=1S/C17H22N4O4/c1-17(2,3)25-16(22)18-10-7-11-20-12-14(19-15(20)21(23)24)13-8-5-4-6-9-13/h4-6,8-9,12H,7,10-11H2,1-3H3,(H,18,22). The number of imidazole rings is 1. The average Bonchev–Trinajstić information content (AvgIpc) is 2.95. The summed E-state index contributed by atoms with van der Waals surface area (Å²) in [5.41, 5.74) is 0.807. The largest absolute Gasteiger partial charge is 0.444 e. The van der Waals surface area contributed by atoms with Crippen LogP contribution in [0.2, 0.25) is 0 Å². The number of alkyl carbamates (subject to hydrolysis) is 1. The molecule has 1 heterocycles. The van der Waals surface area contributed by atoms with Gasteiger partial charge in [0, 0.05) is 12.1 Å². The average molecular weight is 346 g/mol. The molecule has 8 nitrogen and oxygen atoms in total. The summed E-state index contributed by atoms with van der Waals surface area (Å²) in [7, 11) is 0. The molecule has 8 heteroatoms. The Bertz CT molecular complexity index is 735. The summed E-state index contributed by atoms with van der Waals surface area (Å²) < 4.78 is 6.62. The number of aromatic nitrogens is 2. The molecule has 0 saturated heterocycles. The first-order valence-electron chi connectivity index (χ1n) is 8.00. The normalized spacial score (nSPS) is 11.2. The molecular formula is C17H22N4O4. The Balaban J connectivity index is 1.96. The minimum atomic E-state index is -0.558. The minimum Gasteiger partial charge on any atom is -0.444 e. The molecule has 0 unspecified atom stereocenters. The Hall–Kier alpha value is -2.90. The Morgan fingerprint density at radius 3 is 2.60 bits per heavy atom. The molecule has 0 saturated carbocycles. The summed E-state index contributed by atoms with van der Waals surface area (Å²) in [4.78, 5) is 26.4. The highest BCUT2D eigenvalue weighted by atomic mass is 16.6. The Morgan fingerprint density at radius 2 is 2.00 bits per heavy atom. The lowest BCUT2D eigenvalue weighted by Gasteiger charge is -2.19. The molecule has 0 radical (unpaired) electrons. The zero-order valence-electron chi connectivity index (χ0n) is 14.6. The predicted molar refractivity (Wildman–Crippen MR) is 93.2 cm³/mol. The van der Waals surface area contributed by atoms with Gasteiger partial charge in [-0.05, 0) is 32.1 Å². The van der Waals surface area contributed by atoms with Crippen LogP contribution in [-0.4, -0.2) is 32.7 Å². The van der Waals surface area contributed by atoms with Crippen molar-refractivity contribution >= 4 is 12.0 Å². The van der Waals surface area contributed by atoms with E-state index in [-0.39, 0.29) is 5.95 Å². The molecule has 1 aromatic carbocycles. The van der Waals surface area contributed by atoms with Crippen LogP contribution in [0.15, 0.2) is 36.5 Å². The molecule has 0 aliphatic carbocycles. The predicted octanol–water partition coefficient (Wildman–Crippen LogP) is 3.37. The number of hydrogen-bond acceptors (Lipinski definition) is 5. The van der Waals surface area contributed by atoms with Crippen LogP contribution in [0.5, 0.6) is 0 Å². The molecule has 1 N–H and O–H groups in total. The van der Waals surface area contributed by atoms with Crippen molar-refractivity contribution in [2.45, 2.75) is 39.3 Å². The lowest BCUT2D eigenvalue weighted by Crippen LogP contribution is -2.33. The topological polar surface area (TPSA) is 99.3 Å². The number of nitrogens with one attached hydrogen (secondary N) is 1. The first kappa shape index (κ1) is 18.4. The smallest absolute Gasteiger partial charge is 0.435 e. The number of carbonyl (C=O) groups excluding carboxylic acids is 1. The van der Waals surface area contributed by atoms with E-state index in [0.29, 0.717) is 25.2 Å². The van der Waals surface area contributed by atoms with E-state index < -0.39 is 16.6 Å². The maximum atomic E-state index is 11.6. The molecule has 25 heavy (non-hydrogen) atoms. The van der Waals surface area contributed by atoms with Gasteiger partial charge in [0.05, 0.1) is 6.54 Å². The van der Waals surface area contributed by atoms with Crippen LogP contribution < -0.4 is 5.32 Å². The van der Waals surface area contributed by atoms with E-state index in [1.807, 2.05) is 30.3 Å². The first-order valence-corrected chi connectivity index (χ1v) is 8.00. The van der Waals surface area contributed by atoms with E-state index in [1.54, 1.807) is 27.0 Å². The van der Waals surface area contributed by atoms with Gasteiger partial charge in [-0.1, -0.05) is 35.3 Å². The first-order chi connectivity index (χ1) is 11.8. The van der Waals surface area contributed by atoms with Gasteiger partial charge in [-0.2, -0.15) is 0 Å².